The van der Waals surface area contributed by atoms with Gasteiger partial charge in [-0.25, -0.2) is 4.98 Å². The van der Waals surface area contributed by atoms with Gasteiger partial charge in [0, 0.05) is 24.9 Å². The third kappa shape index (κ3) is 2.76. The summed E-state index contributed by atoms with van der Waals surface area (Å²) in [5, 5.41) is 0. The smallest absolute Gasteiger partial charge is 0.0946 e. The molecule has 17 heavy (non-hydrogen) atoms. The maximum absolute atomic E-state index is 4.11. The van der Waals surface area contributed by atoms with Crippen molar-refractivity contribution >= 4 is 0 Å². The lowest BCUT2D eigenvalue weighted by Crippen LogP contribution is -2.08. The molecule has 1 atom stereocenters. The molecule has 0 aliphatic heterocycles. The van der Waals surface area contributed by atoms with Crippen LogP contribution in [-0.4, -0.2) is 9.55 Å². The van der Waals surface area contributed by atoms with Crippen molar-refractivity contribution in [1.29, 1.82) is 0 Å². The van der Waals surface area contributed by atoms with Crippen molar-refractivity contribution in [2.45, 2.75) is 39.7 Å². The molecule has 0 saturated heterocycles. The Balaban J connectivity index is 2.25. The number of aromatic nitrogens is 2. The van der Waals surface area contributed by atoms with E-state index >= 15 is 0 Å². The summed E-state index contributed by atoms with van der Waals surface area (Å²) in [6, 6.07) is 6.73. The van der Waals surface area contributed by atoms with E-state index in [4.69, 9.17) is 0 Å². The van der Waals surface area contributed by atoms with Gasteiger partial charge in [-0.15, -0.1) is 0 Å². The van der Waals surface area contributed by atoms with E-state index in [1.807, 2.05) is 18.7 Å². The van der Waals surface area contributed by atoms with Crippen LogP contribution in [0.3, 0.4) is 0 Å². The molecule has 1 heterocycles. The Bertz CT molecular complexity index is 472. The average Bonchev–Trinajstić information content (AvgIpc) is 2.82. The highest BCUT2D eigenvalue weighted by Crippen LogP contribution is 2.25. The number of hydrogen-bond acceptors (Lipinski definition) is 1. The normalized spacial score (nSPS) is 12.6. The molecule has 2 rings (SSSR count). The lowest BCUT2D eigenvalue weighted by Gasteiger charge is -2.19. The number of rotatable bonds is 4. The van der Waals surface area contributed by atoms with Gasteiger partial charge in [0.05, 0.1) is 6.33 Å². The Labute approximate surface area is 103 Å². The molecule has 1 unspecified atom stereocenters. The van der Waals surface area contributed by atoms with Gasteiger partial charge in [-0.1, -0.05) is 30.7 Å². The van der Waals surface area contributed by atoms with Gasteiger partial charge in [0.25, 0.3) is 0 Å². The van der Waals surface area contributed by atoms with Gasteiger partial charge in [0.1, 0.15) is 0 Å². The van der Waals surface area contributed by atoms with Crippen molar-refractivity contribution in [3.8, 4) is 0 Å². The van der Waals surface area contributed by atoms with E-state index in [-0.39, 0.29) is 0 Å². The molecule has 0 fully saturated rings. The summed E-state index contributed by atoms with van der Waals surface area (Å²) in [5.41, 5.74) is 4.21. The van der Waals surface area contributed by atoms with Crippen molar-refractivity contribution < 1.29 is 0 Å². The quantitative estimate of drug-likeness (QED) is 0.780. The van der Waals surface area contributed by atoms with Crippen molar-refractivity contribution in [2.75, 3.05) is 0 Å². The van der Waals surface area contributed by atoms with Crippen LogP contribution in [0, 0.1) is 13.8 Å². The molecule has 2 heteroatoms. The summed E-state index contributed by atoms with van der Waals surface area (Å²) in [4.78, 5) is 4.11. The Morgan fingerprint density at radius 2 is 2.12 bits per heavy atom. The molecule has 0 saturated carbocycles. The molecule has 0 radical (unpaired) electrons. The first-order valence-corrected chi connectivity index (χ1v) is 6.23. The molecule has 0 N–H and O–H groups in total. The predicted octanol–water partition coefficient (Wildman–Crippen LogP) is 3.69. The zero-order valence-electron chi connectivity index (χ0n) is 10.9. The van der Waals surface area contributed by atoms with Crippen LogP contribution in [0.25, 0.3) is 0 Å². The van der Waals surface area contributed by atoms with Gasteiger partial charge < -0.3 is 4.57 Å². The molecular formula is C15H20N2. The zero-order valence-corrected chi connectivity index (χ0v) is 10.9. The number of nitrogens with zero attached hydrogens (tertiary/aromatic N) is 2. The van der Waals surface area contributed by atoms with E-state index in [2.05, 4.69) is 48.5 Å². The van der Waals surface area contributed by atoms with Crippen LogP contribution in [0.5, 0.6) is 0 Å². The fourth-order valence-corrected chi connectivity index (χ4v) is 2.30. The number of benzene rings is 1. The van der Waals surface area contributed by atoms with Gasteiger partial charge >= 0.3 is 0 Å². The van der Waals surface area contributed by atoms with Crippen LogP contribution >= 0.6 is 0 Å². The molecule has 0 aliphatic carbocycles. The maximum atomic E-state index is 4.11. The van der Waals surface area contributed by atoms with E-state index in [1.165, 1.54) is 16.7 Å². The van der Waals surface area contributed by atoms with Crippen molar-refractivity contribution in [2.24, 2.45) is 0 Å². The van der Waals surface area contributed by atoms with Gasteiger partial charge in [-0.3, -0.25) is 0 Å². The highest BCUT2D eigenvalue weighted by molar-refractivity contribution is 5.33. The molecule has 0 amide bonds. The van der Waals surface area contributed by atoms with Gasteiger partial charge in [-0.05, 0) is 31.4 Å². The van der Waals surface area contributed by atoms with E-state index in [0.29, 0.717) is 5.92 Å². The molecule has 1 aromatic heterocycles. The van der Waals surface area contributed by atoms with Crippen molar-refractivity contribution in [3.63, 3.8) is 0 Å². The van der Waals surface area contributed by atoms with Crippen LogP contribution in [0.1, 0.15) is 36.0 Å². The minimum atomic E-state index is 0.573. The summed E-state index contributed by atoms with van der Waals surface area (Å²) in [7, 11) is 0. The maximum Gasteiger partial charge on any atom is 0.0946 e. The lowest BCUT2D eigenvalue weighted by atomic mass is 9.91. The van der Waals surface area contributed by atoms with E-state index in [0.717, 1.165) is 13.0 Å². The monoisotopic (exact) mass is 228 g/mol. The summed E-state index contributed by atoms with van der Waals surface area (Å²) >= 11 is 0. The summed E-state index contributed by atoms with van der Waals surface area (Å²) < 4.78 is 2.16. The van der Waals surface area contributed by atoms with E-state index in [9.17, 15) is 0 Å². The summed E-state index contributed by atoms with van der Waals surface area (Å²) in [6.45, 7) is 7.63. The molecule has 2 nitrogen and oxygen atoms in total. The van der Waals surface area contributed by atoms with Crippen molar-refractivity contribution in [1.82, 2.24) is 9.55 Å². The summed E-state index contributed by atoms with van der Waals surface area (Å²) in [5.74, 6) is 0.573. The SMILES string of the molecule is CCC(Cn1ccnc1)c1cc(C)ccc1C. The second kappa shape index (κ2) is 5.17. The molecule has 90 valence electrons. The second-order valence-corrected chi connectivity index (χ2v) is 4.72. The Kier molecular flexibility index (Phi) is 3.62. The third-order valence-electron chi connectivity index (χ3n) is 3.36. The first-order chi connectivity index (χ1) is 8.20. The van der Waals surface area contributed by atoms with Gasteiger partial charge in [0.2, 0.25) is 0 Å². The first kappa shape index (κ1) is 11.9. The second-order valence-electron chi connectivity index (χ2n) is 4.72. The lowest BCUT2D eigenvalue weighted by molar-refractivity contribution is 0.542. The molecular weight excluding hydrogens is 208 g/mol. The van der Waals surface area contributed by atoms with Crippen LogP contribution in [0.2, 0.25) is 0 Å². The van der Waals surface area contributed by atoms with Gasteiger partial charge in [-0.2, -0.15) is 0 Å². The third-order valence-corrected chi connectivity index (χ3v) is 3.36. The van der Waals surface area contributed by atoms with Gasteiger partial charge in [0.15, 0.2) is 0 Å². The molecule has 1 aromatic carbocycles. The van der Waals surface area contributed by atoms with Crippen LogP contribution < -0.4 is 0 Å². The fraction of sp³-hybridized carbons (Fsp3) is 0.400. The van der Waals surface area contributed by atoms with Crippen molar-refractivity contribution in [3.05, 3.63) is 53.6 Å². The first-order valence-electron chi connectivity index (χ1n) is 6.23. The Morgan fingerprint density at radius 3 is 2.76 bits per heavy atom. The van der Waals surface area contributed by atoms with Crippen LogP contribution in [0.4, 0.5) is 0 Å². The minimum absolute atomic E-state index is 0.573. The number of aryl methyl sites for hydroxylation is 2. The number of imidazole rings is 1. The highest BCUT2D eigenvalue weighted by Gasteiger charge is 2.12. The molecule has 0 bridgehead atoms. The van der Waals surface area contributed by atoms with Crippen LogP contribution in [-0.2, 0) is 6.54 Å². The molecule has 0 aliphatic rings. The number of hydrogen-bond donors (Lipinski definition) is 0. The molecule has 2 aromatic rings. The van der Waals surface area contributed by atoms with E-state index in [1.54, 1.807) is 0 Å². The zero-order chi connectivity index (χ0) is 12.3. The topological polar surface area (TPSA) is 17.8 Å². The van der Waals surface area contributed by atoms with Crippen LogP contribution in [0.15, 0.2) is 36.9 Å². The molecule has 0 spiro atoms. The fourth-order valence-electron chi connectivity index (χ4n) is 2.30. The average molecular weight is 228 g/mol. The highest BCUT2D eigenvalue weighted by atomic mass is 15.0. The minimum Gasteiger partial charge on any atom is -0.337 e. The Morgan fingerprint density at radius 1 is 1.29 bits per heavy atom. The standard InChI is InChI=1S/C15H20N2/c1-4-14(10-17-8-7-16-11-17)15-9-12(2)5-6-13(15)3/h5-9,11,14H,4,10H2,1-3H3. The van der Waals surface area contributed by atoms with E-state index < -0.39 is 0 Å². The largest absolute Gasteiger partial charge is 0.337 e. The summed E-state index contributed by atoms with van der Waals surface area (Å²) in [6.07, 6.45) is 6.93. The Hall–Kier alpha value is -1.57. The predicted molar refractivity (Wildman–Crippen MR) is 71.2 cm³/mol.